The van der Waals surface area contributed by atoms with Gasteiger partial charge in [-0.25, -0.2) is 0 Å². The number of amides is 1. The number of hydrogen-bond acceptors (Lipinski definition) is 1. The predicted octanol–water partition coefficient (Wildman–Crippen LogP) is 2.48. The Labute approximate surface area is 86.5 Å². The molecule has 2 nitrogen and oxygen atoms in total. The Morgan fingerprint density at radius 2 is 1.71 bits per heavy atom. The van der Waals surface area contributed by atoms with E-state index in [0.29, 0.717) is 11.3 Å². The molecule has 1 aliphatic heterocycles. The summed E-state index contributed by atoms with van der Waals surface area (Å²) >= 11 is 0. The number of rotatable bonds is 0. The first kappa shape index (κ1) is 10.0. The van der Waals surface area contributed by atoms with Gasteiger partial charge in [-0.15, -0.1) is 0 Å². The molecule has 1 aliphatic carbocycles. The van der Waals surface area contributed by atoms with E-state index in [9.17, 15) is 4.79 Å². The number of piperidine rings is 1. The van der Waals surface area contributed by atoms with Gasteiger partial charge in [-0.1, -0.05) is 13.8 Å². The van der Waals surface area contributed by atoms with Gasteiger partial charge in [-0.2, -0.15) is 0 Å². The maximum atomic E-state index is 11.9. The van der Waals surface area contributed by atoms with Gasteiger partial charge < -0.3 is 5.32 Å². The number of carbonyl (C=O) groups excluding carboxylic acids is 1. The summed E-state index contributed by atoms with van der Waals surface area (Å²) in [5.41, 5.74) is 0.483. The molecule has 2 fully saturated rings. The van der Waals surface area contributed by atoms with Crippen molar-refractivity contribution in [3.05, 3.63) is 0 Å². The highest BCUT2D eigenvalue weighted by molar-refractivity contribution is 5.83. The Morgan fingerprint density at radius 3 is 2.29 bits per heavy atom. The maximum absolute atomic E-state index is 11.9. The van der Waals surface area contributed by atoms with Crippen LogP contribution in [0.3, 0.4) is 0 Å². The Balaban J connectivity index is 2.07. The molecule has 1 N–H and O–H groups in total. The van der Waals surface area contributed by atoms with Crippen LogP contribution in [0.25, 0.3) is 0 Å². The van der Waals surface area contributed by atoms with E-state index in [1.54, 1.807) is 0 Å². The van der Waals surface area contributed by atoms with Crippen LogP contribution in [0.15, 0.2) is 0 Å². The molecule has 1 spiro atoms. The first-order valence-electron chi connectivity index (χ1n) is 5.83. The summed E-state index contributed by atoms with van der Waals surface area (Å²) in [5, 5.41) is 3.03. The summed E-state index contributed by atoms with van der Waals surface area (Å²) in [4.78, 5) is 11.9. The van der Waals surface area contributed by atoms with Crippen LogP contribution in [0.1, 0.15) is 52.4 Å². The van der Waals surface area contributed by atoms with Crippen LogP contribution in [0, 0.1) is 10.8 Å². The topological polar surface area (TPSA) is 29.1 Å². The second kappa shape index (κ2) is 3.25. The van der Waals surface area contributed by atoms with Gasteiger partial charge in [-0.05, 0) is 43.9 Å². The largest absolute Gasteiger partial charge is 0.356 e. The highest BCUT2D eigenvalue weighted by atomic mass is 16.2. The quantitative estimate of drug-likeness (QED) is 0.632. The molecular formula is C12H21NO. The van der Waals surface area contributed by atoms with E-state index in [1.165, 1.54) is 19.3 Å². The monoisotopic (exact) mass is 195 g/mol. The van der Waals surface area contributed by atoms with E-state index in [2.05, 4.69) is 19.2 Å². The molecule has 80 valence electrons. The number of nitrogens with one attached hydrogen (secondary N) is 1. The van der Waals surface area contributed by atoms with Crippen LogP contribution >= 0.6 is 0 Å². The van der Waals surface area contributed by atoms with Crippen molar-refractivity contribution in [3.63, 3.8) is 0 Å². The number of carbonyl (C=O) groups is 1. The van der Waals surface area contributed by atoms with E-state index < -0.39 is 0 Å². The van der Waals surface area contributed by atoms with Gasteiger partial charge in [0.25, 0.3) is 0 Å². The van der Waals surface area contributed by atoms with Crippen molar-refractivity contribution in [3.8, 4) is 0 Å². The van der Waals surface area contributed by atoms with Crippen LogP contribution in [0.4, 0.5) is 0 Å². The molecular weight excluding hydrogens is 174 g/mol. The van der Waals surface area contributed by atoms with Crippen molar-refractivity contribution in [1.82, 2.24) is 5.32 Å². The zero-order chi connectivity index (χ0) is 10.2. The minimum Gasteiger partial charge on any atom is -0.356 e. The SMILES string of the molecule is CC1(C)CCC2(CCCNC2=O)CC1. The van der Waals surface area contributed by atoms with Gasteiger partial charge >= 0.3 is 0 Å². The third kappa shape index (κ3) is 1.67. The van der Waals surface area contributed by atoms with Gasteiger partial charge in [0, 0.05) is 12.0 Å². The molecule has 1 saturated carbocycles. The fraction of sp³-hybridized carbons (Fsp3) is 0.917. The summed E-state index contributed by atoms with van der Waals surface area (Å²) in [7, 11) is 0. The molecule has 0 aromatic heterocycles. The van der Waals surface area contributed by atoms with Gasteiger partial charge in [0.1, 0.15) is 0 Å². The van der Waals surface area contributed by atoms with Gasteiger partial charge in [-0.3, -0.25) is 4.79 Å². The normalized spacial score (nSPS) is 30.0. The van der Waals surface area contributed by atoms with Gasteiger partial charge in [0.15, 0.2) is 0 Å². The molecule has 0 unspecified atom stereocenters. The highest BCUT2D eigenvalue weighted by Gasteiger charge is 2.44. The van der Waals surface area contributed by atoms with Crippen LogP contribution in [0.5, 0.6) is 0 Å². The van der Waals surface area contributed by atoms with Crippen molar-refractivity contribution in [2.75, 3.05) is 6.54 Å². The smallest absolute Gasteiger partial charge is 0.226 e. The molecule has 2 heteroatoms. The standard InChI is InChI=1S/C12H21NO/c1-11(2)5-7-12(8-6-11)4-3-9-13-10(12)14/h3-9H2,1-2H3,(H,13,14). The second-order valence-corrected chi connectivity index (χ2v) is 5.80. The second-order valence-electron chi connectivity index (χ2n) is 5.80. The molecule has 0 aromatic rings. The van der Waals surface area contributed by atoms with E-state index in [-0.39, 0.29) is 5.41 Å². The highest BCUT2D eigenvalue weighted by Crippen LogP contribution is 2.48. The van der Waals surface area contributed by atoms with Crippen molar-refractivity contribution >= 4 is 5.91 Å². The summed E-state index contributed by atoms with van der Waals surface area (Å²) < 4.78 is 0. The lowest BCUT2D eigenvalue weighted by Gasteiger charge is -2.44. The first-order chi connectivity index (χ1) is 6.54. The summed E-state index contributed by atoms with van der Waals surface area (Å²) in [6.07, 6.45) is 6.92. The van der Waals surface area contributed by atoms with Gasteiger partial charge in [0.05, 0.1) is 0 Å². The molecule has 14 heavy (non-hydrogen) atoms. The lowest BCUT2D eigenvalue weighted by molar-refractivity contribution is -0.137. The summed E-state index contributed by atoms with van der Waals surface area (Å²) in [6.45, 7) is 5.53. The maximum Gasteiger partial charge on any atom is 0.226 e. The lowest BCUT2D eigenvalue weighted by Crippen LogP contribution is -2.48. The molecule has 1 saturated heterocycles. The van der Waals surface area contributed by atoms with E-state index in [1.807, 2.05) is 0 Å². The molecule has 0 atom stereocenters. The molecule has 2 rings (SSSR count). The number of hydrogen-bond donors (Lipinski definition) is 1. The first-order valence-corrected chi connectivity index (χ1v) is 5.83. The summed E-state index contributed by atoms with van der Waals surface area (Å²) in [5.74, 6) is 0.333. The average molecular weight is 195 g/mol. The molecule has 0 bridgehead atoms. The average Bonchev–Trinajstić information content (AvgIpc) is 2.15. The minimum atomic E-state index is 0.0216. The lowest BCUT2D eigenvalue weighted by atomic mass is 9.62. The summed E-state index contributed by atoms with van der Waals surface area (Å²) in [6, 6.07) is 0. The van der Waals surface area contributed by atoms with Crippen LogP contribution in [-0.2, 0) is 4.79 Å². The van der Waals surface area contributed by atoms with Crippen LogP contribution in [-0.4, -0.2) is 12.5 Å². The van der Waals surface area contributed by atoms with Crippen molar-refractivity contribution < 1.29 is 4.79 Å². The Kier molecular flexibility index (Phi) is 2.32. The molecule has 2 aliphatic rings. The zero-order valence-corrected chi connectivity index (χ0v) is 9.36. The predicted molar refractivity (Wildman–Crippen MR) is 56.9 cm³/mol. The van der Waals surface area contributed by atoms with E-state index >= 15 is 0 Å². The molecule has 1 heterocycles. The fourth-order valence-corrected chi connectivity index (χ4v) is 2.81. The van der Waals surface area contributed by atoms with Crippen molar-refractivity contribution in [2.24, 2.45) is 10.8 Å². The van der Waals surface area contributed by atoms with Crippen molar-refractivity contribution in [1.29, 1.82) is 0 Å². The van der Waals surface area contributed by atoms with Crippen LogP contribution < -0.4 is 5.32 Å². The minimum absolute atomic E-state index is 0.0216. The van der Waals surface area contributed by atoms with E-state index in [0.717, 1.165) is 25.8 Å². The van der Waals surface area contributed by atoms with Gasteiger partial charge in [0.2, 0.25) is 5.91 Å². The molecule has 0 radical (unpaired) electrons. The Bertz CT molecular complexity index is 235. The Morgan fingerprint density at radius 1 is 1.07 bits per heavy atom. The fourth-order valence-electron chi connectivity index (χ4n) is 2.81. The van der Waals surface area contributed by atoms with Crippen LogP contribution in [0.2, 0.25) is 0 Å². The van der Waals surface area contributed by atoms with E-state index in [4.69, 9.17) is 0 Å². The molecule has 0 aromatic carbocycles. The molecule has 1 amide bonds. The third-order valence-electron chi connectivity index (χ3n) is 4.16. The zero-order valence-electron chi connectivity index (χ0n) is 9.36. The van der Waals surface area contributed by atoms with Crippen molar-refractivity contribution in [2.45, 2.75) is 52.4 Å². The Hall–Kier alpha value is -0.530. The third-order valence-corrected chi connectivity index (χ3v) is 4.16.